The first-order chi connectivity index (χ1) is 7.15. The van der Waals surface area contributed by atoms with Gasteiger partial charge in [-0.25, -0.2) is 4.68 Å². The highest BCUT2D eigenvalue weighted by molar-refractivity contribution is 5.23. The second-order valence-electron chi connectivity index (χ2n) is 4.88. The van der Waals surface area contributed by atoms with Crippen LogP contribution in [0, 0.1) is 11.8 Å². The molecule has 0 spiro atoms. The third kappa shape index (κ3) is 2.46. The van der Waals surface area contributed by atoms with Gasteiger partial charge < -0.3 is 5.32 Å². The predicted octanol–water partition coefficient (Wildman–Crippen LogP) is 1.45. The summed E-state index contributed by atoms with van der Waals surface area (Å²) < 4.78 is 1.68. The number of nitrogens with zero attached hydrogens (tertiary/aromatic N) is 4. The van der Waals surface area contributed by atoms with Crippen molar-refractivity contribution in [3.05, 3.63) is 0 Å². The molecule has 1 aliphatic rings. The Hall–Kier alpha value is -1.13. The zero-order valence-corrected chi connectivity index (χ0v) is 9.64. The van der Waals surface area contributed by atoms with Crippen LogP contribution in [0.25, 0.3) is 0 Å². The molecule has 5 heteroatoms. The summed E-state index contributed by atoms with van der Waals surface area (Å²) in [6, 6.07) is 0.522. The van der Waals surface area contributed by atoms with Gasteiger partial charge in [0.1, 0.15) is 0 Å². The van der Waals surface area contributed by atoms with Crippen LogP contribution in [0.2, 0.25) is 0 Å². The van der Waals surface area contributed by atoms with Crippen LogP contribution in [0.3, 0.4) is 0 Å². The lowest BCUT2D eigenvalue weighted by Gasteiger charge is -2.31. The third-order valence-corrected chi connectivity index (χ3v) is 3.13. The van der Waals surface area contributed by atoms with Gasteiger partial charge in [-0.2, -0.15) is 0 Å². The monoisotopic (exact) mass is 209 g/mol. The lowest BCUT2D eigenvalue weighted by molar-refractivity contribution is 0.280. The van der Waals surface area contributed by atoms with Gasteiger partial charge >= 0.3 is 0 Å². The highest BCUT2D eigenvalue weighted by Crippen LogP contribution is 2.29. The Kier molecular flexibility index (Phi) is 2.88. The number of nitrogens with one attached hydrogen (secondary N) is 1. The summed E-state index contributed by atoms with van der Waals surface area (Å²) in [6.45, 7) is 4.64. The zero-order chi connectivity index (χ0) is 10.8. The smallest absolute Gasteiger partial charge is 0.242 e. The fraction of sp³-hybridized carbons (Fsp3) is 0.900. The van der Waals surface area contributed by atoms with E-state index < -0.39 is 0 Å². The van der Waals surface area contributed by atoms with Gasteiger partial charge in [0, 0.05) is 13.1 Å². The summed E-state index contributed by atoms with van der Waals surface area (Å²) in [5.74, 6) is 2.38. The molecule has 1 aromatic heterocycles. The zero-order valence-electron chi connectivity index (χ0n) is 9.64. The lowest BCUT2D eigenvalue weighted by atomic mass is 9.80. The SMILES string of the molecule is CC1CC(C)CC(Nc2nnnn2C)C1. The van der Waals surface area contributed by atoms with Crippen LogP contribution >= 0.6 is 0 Å². The fourth-order valence-electron chi connectivity index (χ4n) is 2.60. The van der Waals surface area contributed by atoms with Crippen LogP contribution in [-0.4, -0.2) is 26.2 Å². The third-order valence-electron chi connectivity index (χ3n) is 3.13. The molecular weight excluding hydrogens is 190 g/mol. The Labute approximate surface area is 90.2 Å². The molecule has 0 aromatic carbocycles. The van der Waals surface area contributed by atoms with Crippen molar-refractivity contribution in [3.8, 4) is 0 Å². The minimum absolute atomic E-state index is 0.522. The topological polar surface area (TPSA) is 55.6 Å². The molecule has 0 saturated heterocycles. The van der Waals surface area contributed by atoms with Gasteiger partial charge in [-0.05, 0) is 41.5 Å². The Balaban J connectivity index is 1.97. The first-order valence-electron chi connectivity index (χ1n) is 5.64. The lowest BCUT2D eigenvalue weighted by Crippen LogP contribution is -2.31. The van der Waals surface area contributed by atoms with Gasteiger partial charge in [-0.3, -0.25) is 0 Å². The van der Waals surface area contributed by atoms with E-state index >= 15 is 0 Å². The van der Waals surface area contributed by atoms with Crippen LogP contribution in [0.4, 0.5) is 5.95 Å². The second-order valence-corrected chi connectivity index (χ2v) is 4.88. The fourth-order valence-corrected chi connectivity index (χ4v) is 2.60. The van der Waals surface area contributed by atoms with Gasteiger partial charge in [0.25, 0.3) is 0 Å². The van der Waals surface area contributed by atoms with Crippen molar-refractivity contribution in [2.24, 2.45) is 18.9 Å². The van der Waals surface area contributed by atoms with Crippen LogP contribution in [0.5, 0.6) is 0 Å². The van der Waals surface area contributed by atoms with E-state index in [-0.39, 0.29) is 0 Å². The summed E-state index contributed by atoms with van der Waals surface area (Å²) in [4.78, 5) is 0. The standard InChI is InChI=1S/C10H19N5/c1-7-4-8(2)6-9(5-7)11-10-12-13-14-15(10)3/h7-9H,4-6H2,1-3H3,(H,11,12,14). The van der Waals surface area contributed by atoms with Gasteiger partial charge in [-0.1, -0.05) is 18.9 Å². The molecular formula is C10H19N5. The molecule has 0 aliphatic heterocycles. The largest absolute Gasteiger partial charge is 0.350 e. The number of anilines is 1. The Bertz CT molecular complexity index is 311. The molecule has 5 nitrogen and oxygen atoms in total. The molecule has 0 radical (unpaired) electrons. The number of aryl methyl sites for hydroxylation is 1. The van der Waals surface area contributed by atoms with Crippen molar-refractivity contribution >= 4 is 5.95 Å². The van der Waals surface area contributed by atoms with Gasteiger partial charge in [0.2, 0.25) is 5.95 Å². The van der Waals surface area contributed by atoms with E-state index in [0.717, 1.165) is 17.8 Å². The van der Waals surface area contributed by atoms with Crippen LogP contribution < -0.4 is 5.32 Å². The van der Waals surface area contributed by atoms with Crippen molar-refractivity contribution in [2.75, 3.05) is 5.32 Å². The molecule has 1 N–H and O–H groups in total. The van der Waals surface area contributed by atoms with Gasteiger partial charge in [-0.15, -0.1) is 0 Å². The number of hydrogen-bond acceptors (Lipinski definition) is 4. The normalized spacial score (nSPS) is 31.5. The van der Waals surface area contributed by atoms with Gasteiger partial charge in [0.05, 0.1) is 0 Å². The molecule has 2 atom stereocenters. The van der Waals surface area contributed by atoms with Gasteiger partial charge in [0.15, 0.2) is 0 Å². The minimum atomic E-state index is 0.522. The Morgan fingerprint density at radius 3 is 2.40 bits per heavy atom. The maximum absolute atomic E-state index is 3.95. The molecule has 1 aromatic rings. The maximum atomic E-state index is 3.95. The maximum Gasteiger partial charge on any atom is 0.242 e. The van der Waals surface area contributed by atoms with Crippen LogP contribution in [0.15, 0.2) is 0 Å². The van der Waals surface area contributed by atoms with Crippen molar-refractivity contribution in [1.29, 1.82) is 0 Å². The highest BCUT2D eigenvalue weighted by atomic mass is 15.6. The molecule has 1 aliphatic carbocycles. The summed E-state index contributed by atoms with van der Waals surface area (Å²) >= 11 is 0. The summed E-state index contributed by atoms with van der Waals surface area (Å²) in [5.41, 5.74) is 0. The molecule has 1 fully saturated rings. The molecule has 0 amide bonds. The van der Waals surface area contributed by atoms with Crippen LogP contribution in [0.1, 0.15) is 33.1 Å². The number of tetrazole rings is 1. The van der Waals surface area contributed by atoms with E-state index in [1.165, 1.54) is 19.3 Å². The summed E-state index contributed by atoms with van der Waals surface area (Å²) in [7, 11) is 1.86. The van der Waals surface area contributed by atoms with E-state index in [1.54, 1.807) is 4.68 Å². The van der Waals surface area contributed by atoms with E-state index in [9.17, 15) is 0 Å². The molecule has 1 heterocycles. The summed E-state index contributed by atoms with van der Waals surface area (Å²) in [6.07, 6.45) is 3.78. The minimum Gasteiger partial charge on any atom is -0.350 e. The molecule has 84 valence electrons. The molecule has 1 saturated carbocycles. The quantitative estimate of drug-likeness (QED) is 0.801. The molecule has 2 rings (SSSR count). The Morgan fingerprint density at radius 2 is 1.87 bits per heavy atom. The first-order valence-corrected chi connectivity index (χ1v) is 5.64. The highest BCUT2D eigenvalue weighted by Gasteiger charge is 2.24. The van der Waals surface area contributed by atoms with E-state index in [0.29, 0.717) is 6.04 Å². The van der Waals surface area contributed by atoms with E-state index in [4.69, 9.17) is 0 Å². The molecule has 15 heavy (non-hydrogen) atoms. The van der Waals surface area contributed by atoms with Crippen molar-refractivity contribution in [2.45, 2.75) is 39.2 Å². The van der Waals surface area contributed by atoms with Crippen molar-refractivity contribution in [1.82, 2.24) is 20.2 Å². The number of aromatic nitrogens is 4. The Morgan fingerprint density at radius 1 is 1.20 bits per heavy atom. The average molecular weight is 209 g/mol. The van der Waals surface area contributed by atoms with Crippen LogP contribution in [-0.2, 0) is 7.05 Å². The summed E-state index contributed by atoms with van der Waals surface area (Å²) in [5, 5.41) is 14.8. The van der Waals surface area contributed by atoms with E-state index in [2.05, 4.69) is 34.7 Å². The van der Waals surface area contributed by atoms with Crippen molar-refractivity contribution < 1.29 is 0 Å². The second kappa shape index (κ2) is 4.16. The average Bonchev–Trinajstić information content (AvgIpc) is 2.50. The molecule has 0 bridgehead atoms. The first kappa shape index (κ1) is 10.4. The van der Waals surface area contributed by atoms with E-state index in [1.807, 2.05) is 7.05 Å². The predicted molar refractivity (Wildman–Crippen MR) is 58.4 cm³/mol. The number of rotatable bonds is 2. The number of hydrogen-bond donors (Lipinski definition) is 1. The van der Waals surface area contributed by atoms with Crippen molar-refractivity contribution in [3.63, 3.8) is 0 Å². The molecule has 2 unspecified atom stereocenters.